The van der Waals surface area contributed by atoms with Gasteiger partial charge in [-0.05, 0) is 30.3 Å². The van der Waals surface area contributed by atoms with Crippen LogP contribution in [0.5, 0.6) is 11.5 Å². The standard InChI is InChI=1S/C15H9ClN4O/c16-12-3-4-15(21-13-2-1-5-19-10-13)14(6-12)20-9-11(7-17)8-18/h1-6,9-10,20H. The molecule has 6 heteroatoms. The number of allylic oxidation sites excluding steroid dienone is 1. The predicted molar refractivity (Wildman–Crippen MR) is 78.7 cm³/mol. The first-order valence-corrected chi connectivity index (χ1v) is 6.25. The van der Waals surface area contributed by atoms with Crippen molar-refractivity contribution < 1.29 is 4.74 Å². The molecule has 1 heterocycles. The second-order valence-corrected chi connectivity index (χ2v) is 4.29. The molecule has 1 aromatic carbocycles. The third-order valence-corrected chi connectivity index (χ3v) is 2.65. The van der Waals surface area contributed by atoms with E-state index in [2.05, 4.69) is 10.3 Å². The lowest BCUT2D eigenvalue weighted by Crippen LogP contribution is -1.94. The molecule has 0 aliphatic heterocycles. The fourth-order valence-electron chi connectivity index (χ4n) is 1.48. The molecule has 21 heavy (non-hydrogen) atoms. The molecule has 0 amide bonds. The Morgan fingerprint density at radius 2 is 2.10 bits per heavy atom. The van der Waals surface area contributed by atoms with Crippen molar-refractivity contribution in [3.05, 3.63) is 59.5 Å². The maximum atomic E-state index is 8.72. The van der Waals surface area contributed by atoms with Gasteiger partial charge >= 0.3 is 0 Å². The van der Waals surface area contributed by atoms with Gasteiger partial charge in [-0.25, -0.2) is 0 Å². The summed E-state index contributed by atoms with van der Waals surface area (Å²) in [6.45, 7) is 0. The first-order valence-electron chi connectivity index (χ1n) is 5.87. The van der Waals surface area contributed by atoms with Crippen molar-refractivity contribution in [1.29, 1.82) is 10.5 Å². The van der Waals surface area contributed by atoms with E-state index in [-0.39, 0.29) is 5.57 Å². The fourth-order valence-corrected chi connectivity index (χ4v) is 1.65. The van der Waals surface area contributed by atoms with Crippen molar-refractivity contribution in [1.82, 2.24) is 4.98 Å². The van der Waals surface area contributed by atoms with E-state index in [0.29, 0.717) is 22.2 Å². The topological polar surface area (TPSA) is 81.7 Å². The Morgan fingerprint density at radius 1 is 1.29 bits per heavy atom. The Morgan fingerprint density at radius 3 is 2.76 bits per heavy atom. The van der Waals surface area contributed by atoms with Gasteiger partial charge in [0, 0.05) is 17.4 Å². The number of halogens is 1. The molecule has 0 fully saturated rings. The molecule has 0 bridgehead atoms. The van der Waals surface area contributed by atoms with Crippen LogP contribution in [0.25, 0.3) is 0 Å². The first-order chi connectivity index (χ1) is 10.2. The van der Waals surface area contributed by atoms with E-state index in [1.54, 1.807) is 54.9 Å². The van der Waals surface area contributed by atoms with Crippen LogP contribution in [0, 0.1) is 22.7 Å². The van der Waals surface area contributed by atoms with Gasteiger partial charge in [-0.2, -0.15) is 10.5 Å². The van der Waals surface area contributed by atoms with Gasteiger partial charge in [-0.15, -0.1) is 0 Å². The monoisotopic (exact) mass is 296 g/mol. The Hall–Kier alpha value is -3.02. The van der Waals surface area contributed by atoms with Gasteiger partial charge in [0.15, 0.2) is 5.75 Å². The summed E-state index contributed by atoms with van der Waals surface area (Å²) in [6, 6.07) is 12.0. The van der Waals surface area contributed by atoms with Crippen LogP contribution < -0.4 is 10.1 Å². The molecular weight excluding hydrogens is 288 g/mol. The molecule has 0 atom stereocenters. The van der Waals surface area contributed by atoms with Crippen LogP contribution in [-0.2, 0) is 0 Å². The molecule has 0 aliphatic carbocycles. The van der Waals surface area contributed by atoms with Crippen LogP contribution in [0.1, 0.15) is 0 Å². The van der Waals surface area contributed by atoms with E-state index in [9.17, 15) is 0 Å². The third-order valence-electron chi connectivity index (χ3n) is 2.42. The average molecular weight is 297 g/mol. The van der Waals surface area contributed by atoms with E-state index in [0.717, 1.165) is 0 Å². The van der Waals surface area contributed by atoms with E-state index in [4.69, 9.17) is 26.9 Å². The van der Waals surface area contributed by atoms with Crippen LogP contribution >= 0.6 is 11.6 Å². The highest BCUT2D eigenvalue weighted by Crippen LogP contribution is 2.31. The summed E-state index contributed by atoms with van der Waals surface area (Å²) in [5.41, 5.74) is 0.483. The van der Waals surface area contributed by atoms with Gasteiger partial charge in [0.1, 0.15) is 23.5 Å². The van der Waals surface area contributed by atoms with Gasteiger partial charge in [0.25, 0.3) is 0 Å². The van der Waals surface area contributed by atoms with E-state index >= 15 is 0 Å². The number of aromatic nitrogens is 1. The number of hydrogen-bond acceptors (Lipinski definition) is 5. The number of nitrogens with one attached hydrogen (secondary N) is 1. The minimum atomic E-state index is -0.0534. The average Bonchev–Trinajstić information content (AvgIpc) is 2.52. The summed E-state index contributed by atoms with van der Waals surface area (Å²) in [7, 11) is 0. The molecular formula is C15H9ClN4O. The summed E-state index contributed by atoms with van der Waals surface area (Å²) in [6.07, 6.45) is 4.51. The highest BCUT2D eigenvalue weighted by atomic mass is 35.5. The van der Waals surface area contributed by atoms with Gasteiger partial charge in [-0.3, -0.25) is 4.98 Å². The zero-order valence-electron chi connectivity index (χ0n) is 10.7. The molecule has 0 saturated carbocycles. The summed E-state index contributed by atoms with van der Waals surface area (Å²) in [5, 5.41) is 20.8. The maximum Gasteiger partial charge on any atom is 0.151 e. The Balaban J connectivity index is 2.28. The SMILES string of the molecule is N#CC(C#N)=CNc1cc(Cl)ccc1Oc1cccnc1. The second-order valence-electron chi connectivity index (χ2n) is 3.86. The van der Waals surface area contributed by atoms with Crippen LogP contribution in [0.15, 0.2) is 54.5 Å². The molecule has 102 valence electrons. The zero-order valence-corrected chi connectivity index (χ0v) is 11.5. The minimum absolute atomic E-state index is 0.0534. The second kappa shape index (κ2) is 6.95. The molecule has 1 aromatic heterocycles. The first kappa shape index (κ1) is 14.4. The van der Waals surface area contributed by atoms with Gasteiger partial charge in [0.05, 0.1) is 11.9 Å². The smallest absolute Gasteiger partial charge is 0.151 e. The number of nitriles is 2. The number of rotatable bonds is 4. The van der Waals surface area contributed by atoms with E-state index in [1.165, 1.54) is 6.20 Å². The van der Waals surface area contributed by atoms with Crippen molar-refractivity contribution in [2.45, 2.75) is 0 Å². The molecule has 1 N–H and O–H groups in total. The fraction of sp³-hybridized carbons (Fsp3) is 0. The van der Waals surface area contributed by atoms with Crippen LogP contribution in [0.4, 0.5) is 5.69 Å². The molecule has 0 saturated heterocycles. The lowest BCUT2D eigenvalue weighted by molar-refractivity contribution is 0.482. The highest BCUT2D eigenvalue weighted by Gasteiger charge is 2.06. The predicted octanol–water partition coefficient (Wildman–Crippen LogP) is 3.87. The minimum Gasteiger partial charge on any atom is -0.454 e. The number of nitrogens with zero attached hydrogens (tertiary/aromatic N) is 3. The quantitative estimate of drug-likeness (QED) is 0.866. The van der Waals surface area contributed by atoms with E-state index in [1.807, 2.05) is 0 Å². The number of benzene rings is 1. The molecule has 0 aliphatic rings. The Bertz CT molecular complexity index is 729. The van der Waals surface area contributed by atoms with Crippen molar-refractivity contribution in [2.24, 2.45) is 0 Å². The molecule has 0 spiro atoms. The summed E-state index contributed by atoms with van der Waals surface area (Å²) in [4.78, 5) is 3.96. The van der Waals surface area contributed by atoms with Crippen molar-refractivity contribution in [3.63, 3.8) is 0 Å². The number of anilines is 1. The maximum absolute atomic E-state index is 8.72. The van der Waals surface area contributed by atoms with Crippen LogP contribution in [-0.4, -0.2) is 4.98 Å². The lowest BCUT2D eigenvalue weighted by atomic mass is 10.2. The van der Waals surface area contributed by atoms with Gasteiger partial charge < -0.3 is 10.1 Å². The third kappa shape index (κ3) is 3.97. The number of hydrogen-bond donors (Lipinski definition) is 1. The highest BCUT2D eigenvalue weighted by molar-refractivity contribution is 6.30. The number of ether oxygens (including phenoxy) is 1. The Kier molecular flexibility index (Phi) is 4.76. The summed E-state index contributed by atoms with van der Waals surface area (Å²) in [5.74, 6) is 1.06. The van der Waals surface area contributed by atoms with Crippen molar-refractivity contribution in [2.75, 3.05) is 5.32 Å². The molecule has 0 radical (unpaired) electrons. The molecule has 2 rings (SSSR count). The van der Waals surface area contributed by atoms with Gasteiger partial charge in [-0.1, -0.05) is 11.6 Å². The molecule has 5 nitrogen and oxygen atoms in total. The normalized spacial score (nSPS) is 9.10. The Labute approximate surface area is 126 Å². The molecule has 2 aromatic rings. The largest absolute Gasteiger partial charge is 0.454 e. The van der Waals surface area contributed by atoms with Crippen LogP contribution in [0.2, 0.25) is 5.02 Å². The van der Waals surface area contributed by atoms with E-state index < -0.39 is 0 Å². The van der Waals surface area contributed by atoms with Crippen molar-refractivity contribution in [3.8, 4) is 23.6 Å². The zero-order chi connectivity index (χ0) is 15.1. The summed E-state index contributed by atoms with van der Waals surface area (Å²) >= 11 is 5.94. The summed E-state index contributed by atoms with van der Waals surface area (Å²) < 4.78 is 5.69. The van der Waals surface area contributed by atoms with Gasteiger partial charge in [0.2, 0.25) is 0 Å². The lowest BCUT2D eigenvalue weighted by Gasteiger charge is -2.11. The number of pyridine rings is 1. The van der Waals surface area contributed by atoms with Crippen molar-refractivity contribution >= 4 is 17.3 Å². The van der Waals surface area contributed by atoms with Crippen LogP contribution in [0.3, 0.4) is 0 Å². The molecule has 0 unspecified atom stereocenters.